The zero-order valence-electron chi connectivity index (χ0n) is 10.7. The van der Waals surface area contributed by atoms with Crippen LogP contribution in [0.4, 0.5) is 0 Å². The van der Waals surface area contributed by atoms with Crippen molar-refractivity contribution in [3.05, 3.63) is 0 Å². The first-order valence-electron chi connectivity index (χ1n) is 5.39. The van der Waals surface area contributed by atoms with Crippen molar-refractivity contribution in [3.63, 3.8) is 0 Å². The van der Waals surface area contributed by atoms with Crippen molar-refractivity contribution in [1.82, 2.24) is 0 Å². The molecule has 0 heterocycles. The van der Waals surface area contributed by atoms with Crippen molar-refractivity contribution < 1.29 is 9.84 Å². The molecule has 2 unspecified atom stereocenters. The fourth-order valence-corrected chi connectivity index (χ4v) is 0.743. The van der Waals surface area contributed by atoms with Gasteiger partial charge in [-0.1, -0.05) is 27.7 Å². The third-order valence-electron chi connectivity index (χ3n) is 3.02. The second kappa shape index (κ2) is 4.63. The summed E-state index contributed by atoms with van der Waals surface area (Å²) in [5.74, 6) is 0.160. The molecule has 0 aromatic carbocycles. The van der Waals surface area contributed by atoms with Crippen LogP contribution in [0.5, 0.6) is 0 Å². The Hall–Kier alpha value is -0.0800. The Labute approximate surface area is 88.7 Å². The molecule has 0 aliphatic carbocycles. The van der Waals surface area contributed by atoms with Gasteiger partial charge in [0.25, 0.3) is 0 Å². The molecule has 2 heteroatoms. The molecule has 86 valence electrons. The van der Waals surface area contributed by atoms with E-state index in [0.717, 1.165) is 0 Å². The Balaban J connectivity index is 3.96. The fourth-order valence-electron chi connectivity index (χ4n) is 0.743. The van der Waals surface area contributed by atoms with Crippen LogP contribution in [0, 0.1) is 11.3 Å². The van der Waals surface area contributed by atoms with Crippen LogP contribution in [0.15, 0.2) is 0 Å². The van der Waals surface area contributed by atoms with Gasteiger partial charge in [0.05, 0.1) is 18.3 Å². The Morgan fingerprint density at radius 2 is 1.50 bits per heavy atom. The molecule has 0 spiro atoms. The first-order valence-corrected chi connectivity index (χ1v) is 5.39. The predicted octanol–water partition coefficient (Wildman–Crippen LogP) is 2.84. The SMILES string of the molecule is CC(OCC(C)C(C)(C)O)C(C)(C)C. The van der Waals surface area contributed by atoms with Gasteiger partial charge in [-0.3, -0.25) is 0 Å². The maximum absolute atomic E-state index is 9.72. The van der Waals surface area contributed by atoms with Gasteiger partial charge in [-0.25, -0.2) is 0 Å². The molecule has 0 amide bonds. The highest BCUT2D eigenvalue weighted by Crippen LogP contribution is 2.24. The van der Waals surface area contributed by atoms with Crippen LogP contribution in [-0.2, 0) is 4.74 Å². The summed E-state index contributed by atoms with van der Waals surface area (Å²) in [6.45, 7) is 14.8. The van der Waals surface area contributed by atoms with Gasteiger partial charge in [-0.05, 0) is 26.2 Å². The normalized spacial score (nSPS) is 18.0. The van der Waals surface area contributed by atoms with Crippen LogP contribution < -0.4 is 0 Å². The van der Waals surface area contributed by atoms with E-state index < -0.39 is 5.60 Å². The maximum Gasteiger partial charge on any atom is 0.0639 e. The van der Waals surface area contributed by atoms with Gasteiger partial charge >= 0.3 is 0 Å². The molecule has 0 aromatic rings. The van der Waals surface area contributed by atoms with Crippen LogP contribution in [0.1, 0.15) is 48.5 Å². The minimum absolute atomic E-state index is 0.160. The number of aliphatic hydroxyl groups is 1. The van der Waals surface area contributed by atoms with Crippen LogP contribution in [0.25, 0.3) is 0 Å². The molecule has 0 saturated carbocycles. The van der Waals surface area contributed by atoms with Crippen LogP contribution in [-0.4, -0.2) is 23.4 Å². The molecule has 0 saturated heterocycles. The highest BCUT2D eigenvalue weighted by atomic mass is 16.5. The molecule has 0 bridgehead atoms. The van der Waals surface area contributed by atoms with Gasteiger partial charge < -0.3 is 9.84 Å². The average Bonchev–Trinajstić information content (AvgIpc) is 1.95. The van der Waals surface area contributed by atoms with E-state index in [9.17, 15) is 5.11 Å². The van der Waals surface area contributed by atoms with E-state index in [1.54, 1.807) is 0 Å². The molecule has 2 atom stereocenters. The number of hydrogen-bond donors (Lipinski definition) is 1. The highest BCUT2D eigenvalue weighted by molar-refractivity contribution is 4.75. The minimum atomic E-state index is -0.655. The van der Waals surface area contributed by atoms with E-state index >= 15 is 0 Å². The Bertz CT molecular complexity index is 142. The van der Waals surface area contributed by atoms with Crippen molar-refractivity contribution in [2.24, 2.45) is 11.3 Å². The van der Waals surface area contributed by atoms with Crippen molar-refractivity contribution in [2.45, 2.75) is 60.2 Å². The lowest BCUT2D eigenvalue weighted by Gasteiger charge is -2.31. The molecule has 0 rings (SSSR count). The highest BCUT2D eigenvalue weighted by Gasteiger charge is 2.26. The van der Waals surface area contributed by atoms with Gasteiger partial charge in [0.2, 0.25) is 0 Å². The molecule has 0 aliphatic heterocycles. The largest absolute Gasteiger partial charge is 0.390 e. The zero-order chi connectivity index (χ0) is 11.6. The third-order valence-corrected chi connectivity index (χ3v) is 3.02. The van der Waals surface area contributed by atoms with Crippen molar-refractivity contribution in [2.75, 3.05) is 6.61 Å². The summed E-state index contributed by atoms with van der Waals surface area (Å²) in [6, 6.07) is 0. The van der Waals surface area contributed by atoms with Gasteiger partial charge in [-0.2, -0.15) is 0 Å². The van der Waals surface area contributed by atoms with Crippen molar-refractivity contribution in [1.29, 1.82) is 0 Å². The van der Waals surface area contributed by atoms with E-state index in [1.165, 1.54) is 0 Å². The molecular formula is C12H26O2. The summed E-state index contributed by atoms with van der Waals surface area (Å²) in [5.41, 5.74) is -0.489. The summed E-state index contributed by atoms with van der Waals surface area (Å²) in [6.07, 6.45) is 0.215. The van der Waals surface area contributed by atoms with Crippen LogP contribution >= 0.6 is 0 Å². The van der Waals surface area contributed by atoms with E-state index in [-0.39, 0.29) is 17.4 Å². The summed E-state index contributed by atoms with van der Waals surface area (Å²) in [7, 11) is 0. The van der Waals surface area contributed by atoms with Gasteiger partial charge in [0.1, 0.15) is 0 Å². The summed E-state index contributed by atoms with van der Waals surface area (Å²) < 4.78 is 5.73. The summed E-state index contributed by atoms with van der Waals surface area (Å²) in [4.78, 5) is 0. The topological polar surface area (TPSA) is 29.5 Å². The van der Waals surface area contributed by atoms with Gasteiger partial charge in [-0.15, -0.1) is 0 Å². The standard InChI is InChI=1S/C12H26O2/c1-9(12(6,7)13)8-14-10(2)11(3,4)5/h9-10,13H,8H2,1-7H3. The van der Waals surface area contributed by atoms with Crippen molar-refractivity contribution in [3.8, 4) is 0 Å². The molecule has 1 N–H and O–H groups in total. The Morgan fingerprint density at radius 3 is 1.79 bits per heavy atom. The third kappa shape index (κ3) is 4.97. The number of ether oxygens (including phenoxy) is 1. The number of hydrogen-bond acceptors (Lipinski definition) is 2. The van der Waals surface area contributed by atoms with Crippen LogP contribution in [0.3, 0.4) is 0 Å². The molecule has 0 fully saturated rings. The smallest absolute Gasteiger partial charge is 0.0639 e. The zero-order valence-corrected chi connectivity index (χ0v) is 10.7. The number of rotatable bonds is 4. The van der Waals surface area contributed by atoms with E-state index in [2.05, 4.69) is 27.7 Å². The Kier molecular flexibility index (Phi) is 4.60. The molecule has 0 aromatic heterocycles. The lowest BCUT2D eigenvalue weighted by Crippen LogP contribution is -2.35. The molecule has 0 aliphatic rings. The van der Waals surface area contributed by atoms with Crippen LogP contribution in [0.2, 0.25) is 0 Å². The predicted molar refractivity (Wildman–Crippen MR) is 60.3 cm³/mol. The maximum atomic E-state index is 9.72. The average molecular weight is 202 g/mol. The molecule has 0 radical (unpaired) electrons. The minimum Gasteiger partial charge on any atom is -0.390 e. The van der Waals surface area contributed by atoms with Gasteiger partial charge in [0.15, 0.2) is 0 Å². The first kappa shape index (κ1) is 13.9. The second-order valence-electron chi connectivity index (χ2n) is 5.90. The van der Waals surface area contributed by atoms with Crippen molar-refractivity contribution >= 4 is 0 Å². The lowest BCUT2D eigenvalue weighted by atomic mass is 9.89. The van der Waals surface area contributed by atoms with E-state index in [1.807, 2.05) is 20.8 Å². The van der Waals surface area contributed by atoms with Gasteiger partial charge in [0, 0.05) is 5.92 Å². The molecular weight excluding hydrogens is 176 g/mol. The monoisotopic (exact) mass is 202 g/mol. The Morgan fingerprint density at radius 1 is 1.07 bits per heavy atom. The van der Waals surface area contributed by atoms with E-state index in [0.29, 0.717) is 6.61 Å². The quantitative estimate of drug-likeness (QED) is 0.759. The lowest BCUT2D eigenvalue weighted by molar-refractivity contribution is -0.0662. The molecule has 2 nitrogen and oxygen atoms in total. The second-order valence-corrected chi connectivity index (χ2v) is 5.90. The first-order chi connectivity index (χ1) is 6.05. The summed E-state index contributed by atoms with van der Waals surface area (Å²) in [5, 5.41) is 9.72. The van der Waals surface area contributed by atoms with E-state index in [4.69, 9.17) is 4.74 Å². The summed E-state index contributed by atoms with van der Waals surface area (Å²) >= 11 is 0. The fraction of sp³-hybridized carbons (Fsp3) is 1.00. The molecule has 14 heavy (non-hydrogen) atoms.